The molecule has 0 spiro atoms. The lowest BCUT2D eigenvalue weighted by Crippen LogP contribution is -2.46. The van der Waals surface area contributed by atoms with Crippen molar-refractivity contribution in [2.24, 2.45) is 0 Å². The largest absolute Gasteiger partial charge is 0.367 e. The van der Waals surface area contributed by atoms with Gasteiger partial charge < -0.3 is 9.64 Å². The molecule has 1 aromatic heterocycles. The second-order valence-corrected chi connectivity index (χ2v) is 7.81. The molecule has 0 N–H and O–H groups in total. The van der Waals surface area contributed by atoms with Crippen LogP contribution in [0.3, 0.4) is 0 Å². The average Bonchev–Trinajstić information content (AvgIpc) is 2.96. The van der Waals surface area contributed by atoms with E-state index in [0.29, 0.717) is 18.8 Å². The highest BCUT2D eigenvalue weighted by Crippen LogP contribution is 2.26. The van der Waals surface area contributed by atoms with Crippen molar-refractivity contribution in [2.75, 3.05) is 13.1 Å². The SMILES string of the molecule is Cc1cc(C(=O)N2C[C@H](C)O[C@@H](c3ccccc3)C2)nn1C(C)(C)C. The van der Waals surface area contributed by atoms with Gasteiger partial charge in [0.05, 0.1) is 18.2 Å². The second-order valence-electron chi connectivity index (χ2n) is 7.81. The Kier molecular flexibility index (Phi) is 4.69. The third kappa shape index (κ3) is 3.76. The van der Waals surface area contributed by atoms with Crippen LogP contribution in [0.5, 0.6) is 0 Å². The zero-order valence-electron chi connectivity index (χ0n) is 15.7. The third-order valence-electron chi connectivity index (χ3n) is 4.46. The number of aryl methyl sites for hydroxylation is 1. The fourth-order valence-electron chi connectivity index (χ4n) is 3.39. The molecule has 0 aliphatic carbocycles. The molecule has 0 bridgehead atoms. The van der Waals surface area contributed by atoms with Crippen LogP contribution in [0.25, 0.3) is 0 Å². The lowest BCUT2D eigenvalue weighted by atomic mass is 10.1. The van der Waals surface area contributed by atoms with Crippen LogP contribution in [0.4, 0.5) is 0 Å². The van der Waals surface area contributed by atoms with Crippen LogP contribution in [0.15, 0.2) is 36.4 Å². The zero-order valence-corrected chi connectivity index (χ0v) is 15.7. The Balaban J connectivity index is 1.82. The van der Waals surface area contributed by atoms with E-state index in [4.69, 9.17) is 4.74 Å². The average molecular weight is 341 g/mol. The first-order valence-corrected chi connectivity index (χ1v) is 8.82. The zero-order chi connectivity index (χ0) is 18.2. The molecule has 5 heteroatoms. The maximum atomic E-state index is 13.0. The van der Waals surface area contributed by atoms with E-state index in [-0.39, 0.29) is 23.7 Å². The van der Waals surface area contributed by atoms with Gasteiger partial charge in [0.2, 0.25) is 0 Å². The summed E-state index contributed by atoms with van der Waals surface area (Å²) in [5.41, 5.74) is 2.46. The Hall–Kier alpha value is -2.14. The van der Waals surface area contributed by atoms with Gasteiger partial charge in [0.15, 0.2) is 5.69 Å². The molecule has 0 saturated carbocycles. The molecule has 1 aromatic carbocycles. The molecule has 0 unspecified atom stereocenters. The van der Waals surface area contributed by atoms with Crippen molar-refractivity contribution in [1.29, 1.82) is 0 Å². The molecule has 1 amide bonds. The summed E-state index contributed by atoms with van der Waals surface area (Å²) < 4.78 is 7.97. The second kappa shape index (κ2) is 6.64. The highest BCUT2D eigenvalue weighted by Gasteiger charge is 2.31. The van der Waals surface area contributed by atoms with Gasteiger partial charge in [-0.05, 0) is 46.2 Å². The van der Waals surface area contributed by atoms with Crippen LogP contribution in [0.2, 0.25) is 0 Å². The van der Waals surface area contributed by atoms with Gasteiger partial charge in [0, 0.05) is 12.2 Å². The van der Waals surface area contributed by atoms with Crippen LogP contribution in [-0.4, -0.2) is 39.8 Å². The molecule has 2 aromatic rings. The molecular weight excluding hydrogens is 314 g/mol. The molecule has 2 atom stereocenters. The first kappa shape index (κ1) is 17.7. The number of aromatic nitrogens is 2. The van der Waals surface area contributed by atoms with Gasteiger partial charge in [-0.3, -0.25) is 9.48 Å². The van der Waals surface area contributed by atoms with Gasteiger partial charge in [0.1, 0.15) is 6.10 Å². The standard InChI is InChI=1S/C20H27N3O2/c1-14-11-17(21-23(14)20(3,4)5)19(24)22-12-15(2)25-18(13-22)16-9-7-6-8-10-16/h6-11,15,18H,12-13H2,1-5H3/t15-,18+/m0/s1. The molecule has 5 nitrogen and oxygen atoms in total. The van der Waals surface area contributed by atoms with Crippen molar-refractivity contribution < 1.29 is 9.53 Å². The van der Waals surface area contributed by atoms with Crippen LogP contribution >= 0.6 is 0 Å². The molecule has 3 rings (SSSR count). The lowest BCUT2D eigenvalue weighted by molar-refractivity contribution is -0.0693. The molecular formula is C20H27N3O2. The smallest absolute Gasteiger partial charge is 0.274 e. The van der Waals surface area contributed by atoms with Crippen molar-refractivity contribution >= 4 is 5.91 Å². The molecule has 1 aliphatic heterocycles. The summed E-state index contributed by atoms with van der Waals surface area (Å²) >= 11 is 0. The summed E-state index contributed by atoms with van der Waals surface area (Å²) in [4.78, 5) is 14.9. The molecule has 1 aliphatic rings. The quantitative estimate of drug-likeness (QED) is 0.839. The Labute approximate surface area is 149 Å². The summed E-state index contributed by atoms with van der Waals surface area (Å²) in [6.07, 6.45) is -0.103. The Morgan fingerprint density at radius 1 is 1.20 bits per heavy atom. The lowest BCUT2D eigenvalue weighted by Gasteiger charge is -2.36. The molecule has 2 heterocycles. The van der Waals surface area contributed by atoms with Crippen molar-refractivity contribution in [3.05, 3.63) is 53.3 Å². The third-order valence-corrected chi connectivity index (χ3v) is 4.46. The van der Waals surface area contributed by atoms with E-state index >= 15 is 0 Å². The van der Waals surface area contributed by atoms with E-state index in [2.05, 4.69) is 25.9 Å². The number of morpholine rings is 1. The van der Waals surface area contributed by atoms with Crippen molar-refractivity contribution in [3.63, 3.8) is 0 Å². The minimum atomic E-state index is -0.145. The summed E-state index contributed by atoms with van der Waals surface area (Å²) in [5, 5.41) is 4.56. The number of carbonyl (C=O) groups is 1. The maximum absolute atomic E-state index is 13.0. The van der Waals surface area contributed by atoms with Crippen LogP contribution in [0.1, 0.15) is 55.5 Å². The number of benzene rings is 1. The van der Waals surface area contributed by atoms with Crippen molar-refractivity contribution in [1.82, 2.24) is 14.7 Å². The van der Waals surface area contributed by atoms with Gasteiger partial charge in [0.25, 0.3) is 5.91 Å². The highest BCUT2D eigenvalue weighted by molar-refractivity contribution is 5.92. The van der Waals surface area contributed by atoms with Crippen LogP contribution in [-0.2, 0) is 10.3 Å². The number of hydrogen-bond donors (Lipinski definition) is 0. The maximum Gasteiger partial charge on any atom is 0.274 e. The first-order valence-electron chi connectivity index (χ1n) is 8.82. The van der Waals surface area contributed by atoms with E-state index in [0.717, 1.165) is 11.3 Å². The fourth-order valence-corrected chi connectivity index (χ4v) is 3.39. The molecule has 1 saturated heterocycles. The minimum absolute atomic E-state index is 0.00583. The summed E-state index contributed by atoms with van der Waals surface area (Å²) in [5.74, 6) is -0.0258. The number of hydrogen-bond acceptors (Lipinski definition) is 3. The van der Waals surface area contributed by atoms with E-state index in [1.165, 1.54) is 0 Å². The number of ether oxygens (including phenoxy) is 1. The Morgan fingerprint density at radius 3 is 2.48 bits per heavy atom. The van der Waals surface area contributed by atoms with E-state index < -0.39 is 0 Å². The van der Waals surface area contributed by atoms with Gasteiger partial charge >= 0.3 is 0 Å². The molecule has 0 radical (unpaired) electrons. The number of nitrogens with zero attached hydrogens (tertiary/aromatic N) is 3. The summed E-state index contributed by atoms with van der Waals surface area (Å²) in [6.45, 7) is 11.4. The Bertz CT molecular complexity index is 746. The predicted molar refractivity (Wildman–Crippen MR) is 97.6 cm³/mol. The van der Waals surface area contributed by atoms with E-state index in [1.807, 2.05) is 59.8 Å². The van der Waals surface area contributed by atoms with Crippen molar-refractivity contribution in [3.8, 4) is 0 Å². The van der Waals surface area contributed by atoms with Gasteiger partial charge in [-0.25, -0.2) is 0 Å². The normalized spacial score (nSPS) is 21.4. The topological polar surface area (TPSA) is 47.4 Å². The molecule has 1 fully saturated rings. The Morgan fingerprint density at radius 2 is 1.88 bits per heavy atom. The van der Waals surface area contributed by atoms with E-state index in [9.17, 15) is 4.79 Å². The minimum Gasteiger partial charge on any atom is -0.367 e. The molecule has 134 valence electrons. The summed E-state index contributed by atoms with van der Waals surface area (Å²) in [6, 6.07) is 12.0. The number of rotatable bonds is 2. The van der Waals surface area contributed by atoms with Gasteiger partial charge in [-0.1, -0.05) is 30.3 Å². The van der Waals surface area contributed by atoms with Gasteiger partial charge in [-0.15, -0.1) is 0 Å². The molecule has 25 heavy (non-hydrogen) atoms. The number of carbonyl (C=O) groups excluding carboxylic acids is 1. The van der Waals surface area contributed by atoms with Crippen LogP contribution < -0.4 is 0 Å². The summed E-state index contributed by atoms with van der Waals surface area (Å²) in [7, 11) is 0. The predicted octanol–water partition coefficient (Wildman–Crippen LogP) is 3.55. The first-order chi connectivity index (χ1) is 11.8. The fraction of sp³-hybridized carbons (Fsp3) is 0.500. The highest BCUT2D eigenvalue weighted by atomic mass is 16.5. The van der Waals surface area contributed by atoms with E-state index in [1.54, 1.807) is 0 Å². The monoisotopic (exact) mass is 341 g/mol. The van der Waals surface area contributed by atoms with Gasteiger partial charge in [-0.2, -0.15) is 5.10 Å². The number of amides is 1. The van der Waals surface area contributed by atoms with Crippen LogP contribution in [0, 0.1) is 6.92 Å². The van der Waals surface area contributed by atoms with Crippen molar-refractivity contribution in [2.45, 2.75) is 52.4 Å².